The molecule has 5 rings (SSSR count). The highest BCUT2D eigenvalue weighted by Gasteiger charge is 2.20. The molecule has 38 heavy (non-hydrogen) atoms. The summed E-state index contributed by atoms with van der Waals surface area (Å²) in [5.74, 6) is 2.46. The zero-order chi connectivity index (χ0) is 26.5. The van der Waals surface area contributed by atoms with Crippen molar-refractivity contribution in [1.82, 2.24) is 24.8 Å². The first-order valence-corrected chi connectivity index (χ1v) is 14.0. The van der Waals surface area contributed by atoms with Crippen LogP contribution in [0.4, 0.5) is 5.95 Å². The van der Waals surface area contributed by atoms with Crippen LogP contribution in [-0.2, 0) is 6.54 Å². The molecule has 0 spiro atoms. The average Bonchev–Trinajstić information content (AvgIpc) is 2.90. The molecule has 0 atom stereocenters. The third-order valence-corrected chi connectivity index (χ3v) is 7.65. The fraction of sp³-hybridized carbons (Fsp3) is 0.464. The van der Waals surface area contributed by atoms with Gasteiger partial charge in [-0.05, 0) is 61.7 Å². The first-order chi connectivity index (χ1) is 18.4. The predicted molar refractivity (Wildman–Crippen MR) is 151 cm³/mol. The molecule has 2 aromatic heterocycles. The smallest absolute Gasteiger partial charge is 0.225 e. The van der Waals surface area contributed by atoms with E-state index in [-0.39, 0.29) is 6.61 Å². The highest BCUT2D eigenvalue weighted by Crippen LogP contribution is 2.31. The van der Waals surface area contributed by atoms with Gasteiger partial charge in [0, 0.05) is 60.9 Å². The van der Waals surface area contributed by atoms with E-state index in [4.69, 9.17) is 38.0 Å². The lowest BCUT2D eigenvalue weighted by Gasteiger charge is -2.34. The molecular formula is C28H34Cl2N6O2. The molecule has 0 radical (unpaired) electrons. The summed E-state index contributed by atoms with van der Waals surface area (Å²) in [6.07, 6.45) is 5.81. The van der Waals surface area contributed by atoms with E-state index in [2.05, 4.69) is 37.7 Å². The molecule has 8 nitrogen and oxygen atoms in total. The Kier molecular flexibility index (Phi) is 8.97. The molecular weight excluding hydrogens is 523 g/mol. The average molecular weight is 558 g/mol. The molecule has 0 unspecified atom stereocenters. The lowest BCUT2D eigenvalue weighted by atomic mass is 9.99. The number of β-amino-alcohol motifs (C(OH)–C–C–N with tert-alkyl or cyclic N) is 1. The Morgan fingerprint density at radius 1 is 0.895 bits per heavy atom. The van der Waals surface area contributed by atoms with Crippen LogP contribution in [0.5, 0.6) is 11.6 Å². The van der Waals surface area contributed by atoms with Crippen LogP contribution in [-0.4, -0.2) is 82.3 Å². The fourth-order valence-electron chi connectivity index (χ4n) is 4.99. The number of aliphatic hydroxyl groups is 1. The quantitative estimate of drug-likeness (QED) is 0.416. The van der Waals surface area contributed by atoms with Crippen LogP contribution in [0.2, 0.25) is 10.0 Å². The number of aromatic nitrogens is 3. The maximum Gasteiger partial charge on any atom is 0.225 e. The van der Waals surface area contributed by atoms with E-state index in [1.54, 1.807) is 18.5 Å². The summed E-state index contributed by atoms with van der Waals surface area (Å²) in [7, 11) is 0. The Labute approximate surface area is 234 Å². The first-order valence-electron chi connectivity index (χ1n) is 13.2. The molecule has 2 fully saturated rings. The van der Waals surface area contributed by atoms with Crippen molar-refractivity contribution in [1.29, 1.82) is 0 Å². The molecule has 0 aliphatic carbocycles. The monoisotopic (exact) mass is 556 g/mol. The summed E-state index contributed by atoms with van der Waals surface area (Å²) in [5.41, 5.74) is 2.72. The molecule has 10 heteroatoms. The third kappa shape index (κ3) is 7.12. The first kappa shape index (κ1) is 27.1. The molecule has 0 saturated carbocycles. The highest BCUT2D eigenvalue weighted by atomic mass is 35.5. The number of likely N-dealkylation sites (tertiary alicyclic amines) is 1. The van der Waals surface area contributed by atoms with Crippen molar-refractivity contribution in [2.75, 3.05) is 57.3 Å². The van der Waals surface area contributed by atoms with Crippen LogP contribution in [0.3, 0.4) is 0 Å². The van der Waals surface area contributed by atoms with Crippen molar-refractivity contribution in [3.8, 4) is 22.9 Å². The molecule has 0 amide bonds. The normalized spacial score (nSPS) is 17.6. The fourth-order valence-corrected chi connectivity index (χ4v) is 5.52. The number of anilines is 1. The van der Waals surface area contributed by atoms with Crippen molar-refractivity contribution in [2.45, 2.75) is 26.3 Å². The van der Waals surface area contributed by atoms with Crippen LogP contribution in [0.25, 0.3) is 11.3 Å². The number of hydrogen-bond donors (Lipinski definition) is 1. The Hall–Kier alpha value is -2.49. The van der Waals surface area contributed by atoms with Crippen molar-refractivity contribution in [3.63, 3.8) is 0 Å². The van der Waals surface area contributed by atoms with Gasteiger partial charge in [-0.1, -0.05) is 30.1 Å². The lowest BCUT2D eigenvalue weighted by Crippen LogP contribution is -2.47. The maximum atomic E-state index is 9.15. The standard InChI is InChI=1S/C28H34Cl2N6O2/c1-20-2-4-35(5-3-20)19-21-12-26(22-14-23(29)16-24(30)15-22)33-27(13-21)38-25-17-31-28(32-18-25)36-8-6-34(7-9-36)10-11-37/h12-18,20,37H,2-11,19H2,1H3. The van der Waals surface area contributed by atoms with Crippen molar-refractivity contribution in [3.05, 3.63) is 58.3 Å². The Balaban J connectivity index is 1.34. The van der Waals surface area contributed by atoms with Gasteiger partial charge in [0.2, 0.25) is 11.8 Å². The SMILES string of the molecule is CC1CCN(Cc2cc(Oc3cnc(N4CCN(CCO)CC4)nc3)nc(-c3cc(Cl)cc(Cl)c3)c2)CC1. The van der Waals surface area contributed by atoms with Crippen molar-refractivity contribution >= 4 is 29.2 Å². The van der Waals surface area contributed by atoms with Crippen LogP contribution in [0, 0.1) is 5.92 Å². The van der Waals surface area contributed by atoms with Crippen LogP contribution in [0.15, 0.2) is 42.7 Å². The highest BCUT2D eigenvalue weighted by molar-refractivity contribution is 6.35. The lowest BCUT2D eigenvalue weighted by molar-refractivity contribution is 0.185. The Morgan fingerprint density at radius 3 is 2.24 bits per heavy atom. The van der Waals surface area contributed by atoms with E-state index in [0.29, 0.717) is 34.2 Å². The van der Waals surface area contributed by atoms with E-state index >= 15 is 0 Å². The predicted octanol–water partition coefficient (Wildman–Crippen LogP) is 4.98. The van der Waals surface area contributed by atoms with Crippen LogP contribution >= 0.6 is 23.2 Å². The molecule has 202 valence electrons. The van der Waals surface area contributed by atoms with Gasteiger partial charge in [-0.2, -0.15) is 0 Å². The van der Waals surface area contributed by atoms with E-state index in [1.807, 2.05) is 18.2 Å². The van der Waals surface area contributed by atoms with Gasteiger partial charge in [-0.15, -0.1) is 0 Å². The minimum absolute atomic E-state index is 0.182. The number of rotatable bonds is 8. The number of aliphatic hydroxyl groups excluding tert-OH is 1. The van der Waals surface area contributed by atoms with Gasteiger partial charge in [-0.25, -0.2) is 15.0 Å². The van der Waals surface area contributed by atoms with Crippen LogP contribution in [0.1, 0.15) is 25.3 Å². The molecule has 4 heterocycles. The molecule has 0 bridgehead atoms. The number of ether oxygens (including phenoxy) is 1. The summed E-state index contributed by atoms with van der Waals surface area (Å²) >= 11 is 12.6. The second-order valence-corrected chi connectivity index (χ2v) is 11.1. The largest absolute Gasteiger partial charge is 0.436 e. The molecule has 2 aliphatic heterocycles. The van der Waals surface area contributed by atoms with Crippen molar-refractivity contribution < 1.29 is 9.84 Å². The van der Waals surface area contributed by atoms with Gasteiger partial charge < -0.3 is 14.7 Å². The molecule has 2 saturated heterocycles. The molecule has 3 aromatic rings. The van der Waals surface area contributed by atoms with Gasteiger partial charge in [0.15, 0.2) is 5.75 Å². The van der Waals surface area contributed by atoms with E-state index < -0.39 is 0 Å². The number of pyridine rings is 1. The maximum absolute atomic E-state index is 9.15. The van der Waals surface area contributed by atoms with Crippen LogP contribution < -0.4 is 9.64 Å². The second kappa shape index (κ2) is 12.6. The number of halogens is 2. The van der Waals surface area contributed by atoms with E-state index in [1.165, 1.54) is 12.8 Å². The number of piperazine rings is 1. The molecule has 1 aromatic carbocycles. The zero-order valence-corrected chi connectivity index (χ0v) is 23.2. The summed E-state index contributed by atoms with van der Waals surface area (Å²) in [4.78, 5) is 20.7. The van der Waals surface area contributed by atoms with Gasteiger partial charge >= 0.3 is 0 Å². The minimum atomic E-state index is 0.182. The second-order valence-electron chi connectivity index (χ2n) is 10.2. The van der Waals surface area contributed by atoms with E-state index in [9.17, 15) is 0 Å². The number of nitrogens with zero attached hydrogens (tertiary/aromatic N) is 6. The summed E-state index contributed by atoms with van der Waals surface area (Å²) in [6.45, 7) is 9.61. The molecule has 1 N–H and O–H groups in total. The number of piperidine rings is 1. The summed E-state index contributed by atoms with van der Waals surface area (Å²) in [5, 5.41) is 10.3. The van der Waals surface area contributed by atoms with Gasteiger partial charge in [0.1, 0.15) is 0 Å². The van der Waals surface area contributed by atoms with Gasteiger partial charge in [-0.3, -0.25) is 9.80 Å². The molecule has 2 aliphatic rings. The number of hydrogen-bond acceptors (Lipinski definition) is 8. The van der Waals surface area contributed by atoms with Gasteiger partial charge in [0.05, 0.1) is 24.7 Å². The summed E-state index contributed by atoms with van der Waals surface area (Å²) in [6, 6.07) is 9.52. The number of benzene rings is 1. The minimum Gasteiger partial charge on any atom is -0.436 e. The van der Waals surface area contributed by atoms with E-state index in [0.717, 1.165) is 68.6 Å². The zero-order valence-electron chi connectivity index (χ0n) is 21.7. The topological polar surface area (TPSA) is 77.9 Å². The van der Waals surface area contributed by atoms with Crippen molar-refractivity contribution in [2.24, 2.45) is 5.92 Å². The third-order valence-electron chi connectivity index (χ3n) is 7.21. The Morgan fingerprint density at radius 2 is 1.58 bits per heavy atom. The van der Waals surface area contributed by atoms with Gasteiger partial charge in [0.25, 0.3) is 0 Å². The Bertz CT molecular complexity index is 1190. The summed E-state index contributed by atoms with van der Waals surface area (Å²) < 4.78 is 6.16.